The van der Waals surface area contributed by atoms with Gasteiger partial charge in [-0.25, -0.2) is 0 Å². The van der Waals surface area contributed by atoms with Crippen molar-refractivity contribution in [3.63, 3.8) is 0 Å². The summed E-state index contributed by atoms with van der Waals surface area (Å²) in [5.74, 6) is 0.815. The molecule has 156 valence electrons. The molecule has 0 heterocycles. The Balaban J connectivity index is 1.94. The van der Waals surface area contributed by atoms with Crippen molar-refractivity contribution in [1.29, 1.82) is 0 Å². The maximum Gasteiger partial charge on any atom is 0.279 e. The first-order valence-corrected chi connectivity index (χ1v) is 10.4. The van der Waals surface area contributed by atoms with Crippen LogP contribution in [-0.4, -0.2) is 18.4 Å². The highest BCUT2D eigenvalue weighted by molar-refractivity contribution is 5.92. The van der Waals surface area contributed by atoms with Crippen molar-refractivity contribution >= 4 is 23.2 Å². The molecule has 0 fully saturated rings. The summed E-state index contributed by atoms with van der Waals surface area (Å²) >= 11 is 0. The quantitative estimate of drug-likeness (QED) is 0.598. The van der Waals surface area contributed by atoms with Gasteiger partial charge >= 0.3 is 0 Å². The molecular weight excluding hydrogens is 362 g/mol. The summed E-state index contributed by atoms with van der Waals surface area (Å²) < 4.78 is 0. The van der Waals surface area contributed by atoms with E-state index in [4.69, 9.17) is 0 Å². The van der Waals surface area contributed by atoms with E-state index in [1.807, 2.05) is 0 Å². The van der Waals surface area contributed by atoms with Crippen LogP contribution in [0.1, 0.15) is 64.1 Å². The highest BCUT2D eigenvalue weighted by atomic mass is 16.2. The SMILES string of the molecule is CC[C@@H](C)c1ccc([C@@H]([NH2+]CC(=O)Nc2ccc(NC(C)=O)cc2)C(C)C)cc1. The lowest BCUT2D eigenvalue weighted by atomic mass is 9.92. The molecule has 0 aliphatic carbocycles. The van der Waals surface area contributed by atoms with Crippen LogP contribution in [0.3, 0.4) is 0 Å². The van der Waals surface area contributed by atoms with E-state index in [9.17, 15) is 9.59 Å². The first kappa shape index (κ1) is 22.6. The number of carbonyl (C=O) groups excluding carboxylic acids is 2. The molecule has 4 N–H and O–H groups in total. The zero-order valence-corrected chi connectivity index (χ0v) is 18.2. The van der Waals surface area contributed by atoms with Crippen LogP contribution < -0.4 is 16.0 Å². The topological polar surface area (TPSA) is 74.8 Å². The highest BCUT2D eigenvalue weighted by Crippen LogP contribution is 2.23. The largest absolute Gasteiger partial charge is 0.332 e. The number of rotatable bonds is 9. The highest BCUT2D eigenvalue weighted by Gasteiger charge is 2.20. The van der Waals surface area contributed by atoms with Crippen molar-refractivity contribution in [3.8, 4) is 0 Å². The van der Waals surface area contributed by atoms with E-state index < -0.39 is 0 Å². The lowest BCUT2D eigenvalue weighted by Crippen LogP contribution is -2.88. The predicted octanol–water partition coefficient (Wildman–Crippen LogP) is 4.06. The second kappa shape index (κ2) is 10.8. The molecule has 2 rings (SSSR count). The van der Waals surface area contributed by atoms with E-state index in [1.165, 1.54) is 18.1 Å². The number of amides is 2. The summed E-state index contributed by atoms with van der Waals surface area (Å²) in [6.07, 6.45) is 1.13. The minimum absolute atomic E-state index is 0.0425. The van der Waals surface area contributed by atoms with Crippen molar-refractivity contribution in [2.24, 2.45) is 5.92 Å². The fourth-order valence-electron chi connectivity index (χ4n) is 3.36. The summed E-state index contributed by atoms with van der Waals surface area (Å²) in [6, 6.07) is 16.2. The van der Waals surface area contributed by atoms with Crippen LogP contribution in [-0.2, 0) is 9.59 Å². The molecule has 2 aromatic rings. The number of carbonyl (C=O) groups is 2. The second-order valence-electron chi connectivity index (χ2n) is 7.99. The Morgan fingerprint density at radius 3 is 1.86 bits per heavy atom. The molecule has 0 saturated heterocycles. The molecule has 0 radical (unpaired) electrons. The van der Waals surface area contributed by atoms with E-state index in [-0.39, 0.29) is 17.9 Å². The first-order valence-electron chi connectivity index (χ1n) is 10.4. The molecule has 29 heavy (non-hydrogen) atoms. The molecule has 5 heteroatoms. The van der Waals surface area contributed by atoms with Gasteiger partial charge in [0, 0.05) is 29.8 Å². The van der Waals surface area contributed by atoms with Gasteiger partial charge in [0.15, 0.2) is 6.54 Å². The maximum atomic E-state index is 12.4. The molecule has 5 nitrogen and oxygen atoms in total. The maximum absolute atomic E-state index is 12.4. The summed E-state index contributed by atoms with van der Waals surface area (Å²) in [4.78, 5) is 23.5. The molecule has 2 atom stereocenters. The van der Waals surface area contributed by atoms with Gasteiger partial charge < -0.3 is 16.0 Å². The van der Waals surface area contributed by atoms with E-state index in [2.05, 4.69) is 67.9 Å². The monoisotopic (exact) mass is 396 g/mol. The Labute approximate surface area is 174 Å². The standard InChI is InChI=1S/C24H33N3O2/c1-6-17(4)19-7-9-20(10-8-19)24(16(2)3)25-15-23(29)27-22-13-11-21(12-14-22)26-18(5)28/h7-14,16-17,24-25H,6,15H2,1-5H3,(H,26,28)(H,27,29)/p+1/t17-,24+/m1/s1. The van der Waals surface area contributed by atoms with Crippen LogP contribution in [0.25, 0.3) is 0 Å². The number of nitrogens with two attached hydrogens (primary N) is 1. The van der Waals surface area contributed by atoms with Gasteiger partial charge in [-0.2, -0.15) is 0 Å². The summed E-state index contributed by atoms with van der Waals surface area (Å²) in [7, 11) is 0. The average molecular weight is 397 g/mol. The molecule has 0 aliphatic heterocycles. The van der Waals surface area contributed by atoms with Crippen molar-refractivity contribution in [2.75, 3.05) is 17.2 Å². The van der Waals surface area contributed by atoms with E-state index in [1.54, 1.807) is 24.3 Å². The van der Waals surface area contributed by atoms with Crippen LogP contribution >= 0.6 is 0 Å². The van der Waals surface area contributed by atoms with E-state index in [0.717, 1.165) is 12.1 Å². The minimum Gasteiger partial charge on any atom is -0.332 e. The van der Waals surface area contributed by atoms with Crippen LogP contribution in [0.15, 0.2) is 48.5 Å². The lowest BCUT2D eigenvalue weighted by Gasteiger charge is -2.20. The van der Waals surface area contributed by atoms with Gasteiger partial charge in [0.1, 0.15) is 6.04 Å². The fraction of sp³-hybridized carbons (Fsp3) is 0.417. The third-order valence-electron chi connectivity index (χ3n) is 5.27. The van der Waals surface area contributed by atoms with Crippen LogP contribution in [0.2, 0.25) is 0 Å². The molecule has 0 aliphatic rings. The van der Waals surface area contributed by atoms with Crippen LogP contribution in [0.5, 0.6) is 0 Å². The predicted molar refractivity (Wildman–Crippen MR) is 119 cm³/mol. The minimum atomic E-state index is -0.117. The fourth-order valence-corrected chi connectivity index (χ4v) is 3.36. The Bertz CT molecular complexity index is 798. The van der Waals surface area contributed by atoms with Gasteiger partial charge in [0.25, 0.3) is 5.91 Å². The number of benzene rings is 2. The number of anilines is 2. The number of nitrogens with one attached hydrogen (secondary N) is 2. The Kier molecular flexibility index (Phi) is 8.40. The number of quaternary nitrogens is 1. The molecule has 0 aromatic heterocycles. The smallest absolute Gasteiger partial charge is 0.279 e. The van der Waals surface area contributed by atoms with Gasteiger partial charge in [-0.1, -0.05) is 52.0 Å². The Morgan fingerprint density at radius 2 is 1.38 bits per heavy atom. The number of hydrogen-bond donors (Lipinski definition) is 3. The third-order valence-corrected chi connectivity index (χ3v) is 5.27. The molecule has 0 unspecified atom stereocenters. The lowest BCUT2D eigenvalue weighted by molar-refractivity contribution is -0.692. The summed E-state index contributed by atoms with van der Waals surface area (Å²) in [5.41, 5.74) is 4.04. The summed E-state index contributed by atoms with van der Waals surface area (Å²) in [6.45, 7) is 10.6. The van der Waals surface area contributed by atoms with Crippen molar-refractivity contribution in [3.05, 3.63) is 59.7 Å². The van der Waals surface area contributed by atoms with E-state index >= 15 is 0 Å². The van der Waals surface area contributed by atoms with Gasteiger partial charge in [-0.05, 0) is 42.2 Å². The van der Waals surface area contributed by atoms with Crippen LogP contribution in [0, 0.1) is 5.92 Å². The normalized spacial score (nSPS) is 13.0. The molecule has 0 saturated carbocycles. The van der Waals surface area contributed by atoms with Gasteiger partial charge in [-0.3, -0.25) is 9.59 Å². The molecule has 2 amide bonds. The van der Waals surface area contributed by atoms with Crippen molar-refractivity contribution < 1.29 is 14.9 Å². The second-order valence-corrected chi connectivity index (χ2v) is 7.99. The number of hydrogen-bond acceptors (Lipinski definition) is 2. The van der Waals surface area contributed by atoms with Gasteiger partial charge in [-0.15, -0.1) is 0 Å². The van der Waals surface area contributed by atoms with E-state index in [0.29, 0.717) is 24.1 Å². The van der Waals surface area contributed by atoms with Crippen LogP contribution in [0.4, 0.5) is 11.4 Å². The average Bonchev–Trinajstić information content (AvgIpc) is 2.69. The Hall–Kier alpha value is -2.66. The van der Waals surface area contributed by atoms with Crippen molar-refractivity contribution in [1.82, 2.24) is 0 Å². The molecular formula is C24H34N3O2+. The molecule has 2 aromatic carbocycles. The zero-order valence-electron chi connectivity index (χ0n) is 18.2. The Morgan fingerprint density at radius 1 is 0.862 bits per heavy atom. The zero-order chi connectivity index (χ0) is 21.4. The first-order chi connectivity index (χ1) is 13.8. The molecule has 0 bridgehead atoms. The van der Waals surface area contributed by atoms with Gasteiger partial charge in [0.05, 0.1) is 0 Å². The molecule has 0 spiro atoms. The van der Waals surface area contributed by atoms with Gasteiger partial charge in [0.2, 0.25) is 5.91 Å². The van der Waals surface area contributed by atoms with Crippen molar-refractivity contribution in [2.45, 2.75) is 53.0 Å². The third kappa shape index (κ3) is 7.02. The summed E-state index contributed by atoms with van der Waals surface area (Å²) in [5, 5.41) is 7.73.